The molecular weight excluding hydrogens is 412 g/mol. The Morgan fingerprint density at radius 2 is 1.97 bits per heavy atom. The van der Waals surface area contributed by atoms with Gasteiger partial charge in [0.15, 0.2) is 6.61 Å². The quantitative estimate of drug-likeness (QED) is 0.400. The van der Waals surface area contributed by atoms with Crippen molar-refractivity contribution in [2.75, 3.05) is 6.61 Å². The fourth-order valence-corrected chi connectivity index (χ4v) is 3.04. The average Bonchev–Trinajstić information content (AvgIpc) is 3.65. The van der Waals surface area contributed by atoms with E-state index in [1.54, 1.807) is 24.4 Å². The van der Waals surface area contributed by atoms with Crippen LogP contribution in [0, 0.1) is 0 Å². The first-order chi connectivity index (χ1) is 15.4. The van der Waals surface area contributed by atoms with Crippen LogP contribution in [0.15, 0.2) is 85.2 Å². The second-order valence-electron chi connectivity index (χ2n) is 7.49. The molecule has 5 nitrogen and oxygen atoms in total. The molecule has 3 aromatic rings. The van der Waals surface area contributed by atoms with E-state index in [-0.39, 0.29) is 11.6 Å². The Bertz CT molecular complexity index is 1120. The summed E-state index contributed by atoms with van der Waals surface area (Å²) in [7, 11) is 0. The van der Waals surface area contributed by atoms with E-state index in [4.69, 9.17) is 9.47 Å². The molecule has 7 heteroatoms. The van der Waals surface area contributed by atoms with Crippen LogP contribution in [0.3, 0.4) is 0 Å². The molecule has 0 bridgehead atoms. The van der Waals surface area contributed by atoms with Crippen molar-refractivity contribution in [3.05, 3.63) is 96.5 Å². The lowest BCUT2D eigenvalue weighted by Gasteiger charge is -2.18. The minimum Gasteiger partial charge on any atom is -0.485 e. The topological polar surface area (TPSA) is 56.3 Å². The first-order valence-corrected chi connectivity index (χ1v) is 10.2. The normalized spacial score (nSPS) is 13.7. The van der Waals surface area contributed by atoms with Gasteiger partial charge in [-0.05, 0) is 43.7 Å². The van der Waals surface area contributed by atoms with Crippen LogP contribution in [0.2, 0.25) is 0 Å². The van der Waals surface area contributed by atoms with Crippen molar-refractivity contribution < 1.29 is 18.3 Å². The Labute approximate surface area is 185 Å². The number of hydrogen-bond acceptors (Lipinski definition) is 5. The molecule has 2 aromatic heterocycles. The second kappa shape index (κ2) is 9.18. The summed E-state index contributed by atoms with van der Waals surface area (Å²) in [5.74, 6) is -1.45. The van der Waals surface area contributed by atoms with Crippen molar-refractivity contribution >= 4 is 5.70 Å². The maximum Gasteiger partial charge on any atom is 0.302 e. The molecule has 1 atom stereocenters. The molecule has 0 aliphatic heterocycles. The molecule has 0 saturated heterocycles. The summed E-state index contributed by atoms with van der Waals surface area (Å²) in [6, 6.07) is 16.2. The van der Waals surface area contributed by atoms with Crippen LogP contribution in [0.1, 0.15) is 30.6 Å². The molecule has 0 fully saturated rings. The number of aromatic nitrogens is 2. The number of allylic oxidation sites excluding steroid dienone is 1. The highest BCUT2D eigenvalue weighted by Crippen LogP contribution is 2.36. The Morgan fingerprint density at radius 1 is 1.12 bits per heavy atom. The first-order valence-electron chi connectivity index (χ1n) is 10.2. The third kappa shape index (κ3) is 5.49. The molecule has 0 unspecified atom stereocenters. The maximum absolute atomic E-state index is 13.7. The van der Waals surface area contributed by atoms with Gasteiger partial charge >= 0.3 is 5.92 Å². The molecule has 2 heterocycles. The number of alkyl halides is 2. The summed E-state index contributed by atoms with van der Waals surface area (Å²) in [4.78, 5) is 8.50. The van der Waals surface area contributed by atoms with Gasteiger partial charge in [0, 0.05) is 29.1 Å². The highest BCUT2D eigenvalue weighted by atomic mass is 19.3. The van der Waals surface area contributed by atoms with Crippen molar-refractivity contribution in [3.8, 4) is 17.4 Å². The number of ether oxygens (including phenoxy) is 2. The second-order valence-corrected chi connectivity index (χ2v) is 7.49. The van der Waals surface area contributed by atoms with Gasteiger partial charge in [0.05, 0.1) is 17.9 Å². The first kappa shape index (κ1) is 21.5. The number of benzene rings is 1. The van der Waals surface area contributed by atoms with E-state index in [1.807, 2.05) is 43.3 Å². The zero-order chi connectivity index (χ0) is 22.6. The van der Waals surface area contributed by atoms with E-state index < -0.39 is 12.5 Å². The predicted molar refractivity (Wildman–Crippen MR) is 119 cm³/mol. The van der Waals surface area contributed by atoms with Crippen LogP contribution in [0.25, 0.3) is 5.70 Å². The Morgan fingerprint density at radius 3 is 2.66 bits per heavy atom. The van der Waals surface area contributed by atoms with Crippen molar-refractivity contribution in [1.29, 1.82) is 0 Å². The summed E-state index contributed by atoms with van der Waals surface area (Å²) in [5, 5.41) is 3.31. The van der Waals surface area contributed by atoms with Gasteiger partial charge in [-0.15, -0.1) is 0 Å². The Balaban J connectivity index is 1.34. The molecule has 32 heavy (non-hydrogen) atoms. The number of halogens is 2. The van der Waals surface area contributed by atoms with Crippen LogP contribution in [0.4, 0.5) is 8.78 Å². The number of pyridine rings is 2. The highest BCUT2D eigenvalue weighted by molar-refractivity contribution is 5.63. The number of hydrogen-bond donors (Lipinski definition) is 1. The molecule has 0 amide bonds. The maximum atomic E-state index is 13.7. The summed E-state index contributed by atoms with van der Waals surface area (Å²) >= 11 is 0. The van der Waals surface area contributed by atoms with E-state index in [9.17, 15) is 8.78 Å². The van der Waals surface area contributed by atoms with Crippen LogP contribution in [-0.2, 0) is 0 Å². The van der Waals surface area contributed by atoms with Gasteiger partial charge < -0.3 is 14.8 Å². The van der Waals surface area contributed by atoms with Crippen LogP contribution in [0.5, 0.6) is 17.4 Å². The fraction of sp³-hybridized carbons (Fsp3) is 0.200. The van der Waals surface area contributed by atoms with Crippen LogP contribution >= 0.6 is 0 Å². The minimum absolute atomic E-state index is 0.132. The number of nitrogens with zero attached hydrogens (tertiary/aromatic N) is 2. The molecule has 0 saturated carbocycles. The Kier molecular flexibility index (Phi) is 6.16. The SMILES string of the molecule is C=C(N[C@H](C)c1ccc(OCC(F)(F)C2=CC2)cn1)c1cccc(Oc2ccccn2)c1. The lowest BCUT2D eigenvalue weighted by molar-refractivity contribution is -0.00230. The summed E-state index contributed by atoms with van der Waals surface area (Å²) in [6.07, 6.45) is 4.99. The standard InChI is InChI=1S/C25H23F2N3O2/c1-17(19-6-5-7-21(14-19)32-24-8-3-4-13-28-24)30-18(2)23-12-11-22(15-29-23)31-16-25(26,27)20-9-10-20/h3-9,11-15,18,30H,1,10,16H2,2H3/t18-/m1/s1. The van der Waals surface area contributed by atoms with Crippen molar-refractivity contribution in [1.82, 2.24) is 15.3 Å². The monoisotopic (exact) mass is 435 g/mol. The largest absolute Gasteiger partial charge is 0.485 e. The number of nitrogens with one attached hydrogen (secondary N) is 1. The van der Waals surface area contributed by atoms with Gasteiger partial charge in [-0.2, -0.15) is 8.78 Å². The number of rotatable bonds is 10. The molecular formula is C25H23F2N3O2. The third-order valence-electron chi connectivity index (χ3n) is 4.93. The van der Waals surface area contributed by atoms with Gasteiger partial charge in [-0.1, -0.05) is 30.9 Å². The molecule has 0 spiro atoms. The van der Waals surface area contributed by atoms with E-state index in [0.29, 0.717) is 29.5 Å². The average molecular weight is 435 g/mol. The molecule has 0 radical (unpaired) electrons. The zero-order valence-corrected chi connectivity index (χ0v) is 17.6. The minimum atomic E-state index is -2.92. The van der Waals surface area contributed by atoms with Gasteiger partial charge in [-0.25, -0.2) is 4.98 Å². The van der Waals surface area contributed by atoms with Gasteiger partial charge in [0.25, 0.3) is 0 Å². The van der Waals surface area contributed by atoms with E-state index in [2.05, 4.69) is 21.9 Å². The lowest BCUT2D eigenvalue weighted by Crippen LogP contribution is -2.24. The van der Waals surface area contributed by atoms with E-state index >= 15 is 0 Å². The molecule has 4 rings (SSSR count). The summed E-state index contributed by atoms with van der Waals surface area (Å²) in [6.45, 7) is 5.37. The molecule has 1 aliphatic carbocycles. The molecule has 1 aliphatic rings. The lowest BCUT2D eigenvalue weighted by atomic mass is 10.1. The van der Waals surface area contributed by atoms with Crippen LogP contribution < -0.4 is 14.8 Å². The third-order valence-corrected chi connectivity index (χ3v) is 4.93. The van der Waals surface area contributed by atoms with Gasteiger partial charge in [-0.3, -0.25) is 4.98 Å². The molecule has 164 valence electrons. The van der Waals surface area contributed by atoms with E-state index in [1.165, 1.54) is 12.3 Å². The van der Waals surface area contributed by atoms with Crippen molar-refractivity contribution in [3.63, 3.8) is 0 Å². The fourth-order valence-electron chi connectivity index (χ4n) is 3.04. The summed E-state index contributed by atoms with van der Waals surface area (Å²) in [5.41, 5.74) is 2.43. The highest BCUT2D eigenvalue weighted by Gasteiger charge is 2.39. The van der Waals surface area contributed by atoms with Crippen molar-refractivity contribution in [2.45, 2.75) is 25.3 Å². The smallest absolute Gasteiger partial charge is 0.302 e. The molecule has 1 N–H and O–H groups in total. The predicted octanol–water partition coefficient (Wildman–Crippen LogP) is 5.93. The Hall–Kier alpha value is -3.74. The van der Waals surface area contributed by atoms with Crippen molar-refractivity contribution in [2.24, 2.45) is 0 Å². The van der Waals surface area contributed by atoms with Gasteiger partial charge in [0.1, 0.15) is 11.5 Å². The van der Waals surface area contributed by atoms with Crippen LogP contribution in [-0.4, -0.2) is 22.5 Å². The van der Waals surface area contributed by atoms with Gasteiger partial charge in [0.2, 0.25) is 5.88 Å². The summed E-state index contributed by atoms with van der Waals surface area (Å²) < 4.78 is 38.4. The van der Waals surface area contributed by atoms with E-state index in [0.717, 1.165) is 11.3 Å². The molecule has 1 aromatic carbocycles. The zero-order valence-electron chi connectivity index (χ0n) is 17.6.